The van der Waals surface area contributed by atoms with Gasteiger partial charge in [0.15, 0.2) is 6.10 Å². The van der Waals surface area contributed by atoms with Gasteiger partial charge in [0.25, 0.3) is 0 Å². The molecule has 1 unspecified atom stereocenters. The smallest absolute Gasteiger partial charge is 0.156 e. The number of nitrogens with zero attached hydrogens (tertiary/aromatic N) is 2. The van der Waals surface area contributed by atoms with Crippen molar-refractivity contribution in [2.24, 2.45) is 0 Å². The maximum Gasteiger partial charge on any atom is 0.156 e. The highest BCUT2D eigenvalue weighted by Gasteiger charge is 2.20. The molecule has 90 valence electrons. The standard InChI is InChI=1S/C13H17N3O/c1-10-11(3-2-4-13(10)15)8-16-5-6-17-12(7-14)9-16/h2-4,12H,5-6,8-9,15H2,1H3. The lowest BCUT2D eigenvalue weighted by atomic mass is 10.1. The predicted octanol–water partition coefficient (Wildman–Crippen LogP) is 1.30. The molecule has 0 aliphatic carbocycles. The lowest BCUT2D eigenvalue weighted by Crippen LogP contribution is -2.41. The van der Waals surface area contributed by atoms with E-state index >= 15 is 0 Å². The first-order chi connectivity index (χ1) is 8.20. The molecule has 0 radical (unpaired) electrons. The zero-order valence-corrected chi connectivity index (χ0v) is 10.0. The summed E-state index contributed by atoms with van der Waals surface area (Å²) >= 11 is 0. The van der Waals surface area contributed by atoms with Gasteiger partial charge in [-0.1, -0.05) is 12.1 Å². The van der Waals surface area contributed by atoms with Crippen LogP contribution >= 0.6 is 0 Å². The highest BCUT2D eigenvalue weighted by atomic mass is 16.5. The van der Waals surface area contributed by atoms with Crippen LogP contribution in [0.15, 0.2) is 18.2 Å². The fourth-order valence-electron chi connectivity index (χ4n) is 2.04. The molecule has 0 saturated carbocycles. The van der Waals surface area contributed by atoms with E-state index in [9.17, 15) is 0 Å². The van der Waals surface area contributed by atoms with Crippen LogP contribution in [0.3, 0.4) is 0 Å². The Kier molecular flexibility index (Phi) is 3.62. The second kappa shape index (κ2) is 5.17. The molecule has 4 nitrogen and oxygen atoms in total. The molecule has 1 heterocycles. The van der Waals surface area contributed by atoms with Gasteiger partial charge in [-0.2, -0.15) is 5.26 Å². The Morgan fingerprint density at radius 3 is 3.18 bits per heavy atom. The molecule has 4 heteroatoms. The Bertz CT molecular complexity index is 439. The lowest BCUT2D eigenvalue weighted by Gasteiger charge is -2.30. The zero-order valence-electron chi connectivity index (χ0n) is 10.0. The highest BCUT2D eigenvalue weighted by Crippen LogP contribution is 2.18. The largest absolute Gasteiger partial charge is 0.399 e. The van der Waals surface area contributed by atoms with Gasteiger partial charge in [-0.25, -0.2) is 0 Å². The number of hydrogen-bond acceptors (Lipinski definition) is 4. The Balaban J connectivity index is 2.06. The average molecular weight is 231 g/mol. The number of morpholine rings is 1. The van der Waals surface area contributed by atoms with Crippen LogP contribution in [-0.2, 0) is 11.3 Å². The van der Waals surface area contributed by atoms with Crippen molar-refractivity contribution in [1.29, 1.82) is 5.26 Å². The van der Waals surface area contributed by atoms with Gasteiger partial charge in [-0.3, -0.25) is 4.90 Å². The fourth-order valence-corrected chi connectivity index (χ4v) is 2.04. The first-order valence-corrected chi connectivity index (χ1v) is 5.78. The highest BCUT2D eigenvalue weighted by molar-refractivity contribution is 5.49. The van der Waals surface area contributed by atoms with Crippen LogP contribution in [-0.4, -0.2) is 30.7 Å². The first kappa shape index (κ1) is 11.9. The average Bonchev–Trinajstić information content (AvgIpc) is 2.35. The Morgan fingerprint density at radius 2 is 2.41 bits per heavy atom. The van der Waals surface area contributed by atoms with Crippen molar-refractivity contribution < 1.29 is 4.74 Å². The molecule has 2 N–H and O–H groups in total. The molecule has 0 amide bonds. The summed E-state index contributed by atoms with van der Waals surface area (Å²) in [5.74, 6) is 0. The van der Waals surface area contributed by atoms with Gasteiger partial charge in [-0.05, 0) is 24.1 Å². The molecule has 1 aliphatic rings. The van der Waals surface area contributed by atoms with Crippen LogP contribution in [0.4, 0.5) is 5.69 Å². The molecule has 1 atom stereocenters. The summed E-state index contributed by atoms with van der Waals surface area (Å²) in [6, 6.07) is 8.13. The van der Waals surface area contributed by atoms with E-state index in [0.717, 1.165) is 24.3 Å². The third-order valence-corrected chi connectivity index (χ3v) is 3.18. The van der Waals surface area contributed by atoms with Crippen molar-refractivity contribution in [2.75, 3.05) is 25.4 Å². The van der Waals surface area contributed by atoms with Crippen LogP contribution in [0.25, 0.3) is 0 Å². The summed E-state index contributed by atoms with van der Waals surface area (Å²) in [5, 5.41) is 8.85. The maximum atomic E-state index is 8.85. The summed E-state index contributed by atoms with van der Waals surface area (Å²) in [4.78, 5) is 2.24. The SMILES string of the molecule is Cc1c(N)cccc1CN1CCOC(C#N)C1. The number of anilines is 1. The Labute approximate surface area is 102 Å². The van der Waals surface area contributed by atoms with Crippen molar-refractivity contribution in [1.82, 2.24) is 4.90 Å². The van der Waals surface area contributed by atoms with Gasteiger partial charge in [0.2, 0.25) is 0 Å². The molecule has 2 rings (SSSR count). The molecule has 17 heavy (non-hydrogen) atoms. The van der Waals surface area contributed by atoms with Gasteiger partial charge in [0.1, 0.15) is 0 Å². The third-order valence-electron chi connectivity index (χ3n) is 3.18. The summed E-state index contributed by atoms with van der Waals surface area (Å²) in [5.41, 5.74) is 9.07. The minimum Gasteiger partial charge on any atom is -0.399 e. The molecule has 0 spiro atoms. The molecule has 0 bridgehead atoms. The van der Waals surface area contributed by atoms with Crippen molar-refractivity contribution >= 4 is 5.69 Å². The van der Waals surface area contributed by atoms with Gasteiger partial charge in [0.05, 0.1) is 12.7 Å². The maximum absolute atomic E-state index is 8.85. The number of rotatable bonds is 2. The van der Waals surface area contributed by atoms with Crippen LogP contribution in [0.2, 0.25) is 0 Å². The number of nitrogens with two attached hydrogens (primary N) is 1. The molecule has 1 aromatic carbocycles. The van der Waals surface area contributed by atoms with Gasteiger partial charge in [-0.15, -0.1) is 0 Å². The number of benzene rings is 1. The minimum atomic E-state index is -0.301. The zero-order chi connectivity index (χ0) is 12.3. The molecule has 1 aromatic rings. The fraction of sp³-hybridized carbons (Fsp3) is 0.462. The predicted molar refractivity (Wildman–Crippen MR) is 66.2 cm³/mol. The molecule has 1 fully saturated rings. The lowest BCUT2D eigenvalue weighted by molar-refractivity contribution is -0.00274. The quantitative estimate of drug-likeness (QED) is 0.779. The van der Waals surface area contributed by atoms with E-state index in [1.807, 2.05) is 19.1 Å². The van der Waals surface area contributed by atoms with Gasteiger partial charge in [0, 0.05) is 25.3 Å². The van der Waals surface area contributed by atoms with Crippen LogP contribution in [0.1, 0.15) is 11.1 Å². The monoisotopic (exact) mass is 231 g/mol. The van der Waals surface area contributed by atoms with Crippen LogP contribution in [0.5, 0.6) is 0 Å². The van der Waals surface area contributed by atoms with Gasteiger partial charge >= 0.3 is 0 Å². The van der Waals surface area contributed by atoms with E-state index in [1.165, 1.54) is 5.56 Å². The van der Waals surface area contributed by atoms with Crippen LogP contribution < -0.4 is 5.73 Å². The van der Waals surface area contributed by atoms with E-state index < -0.39 is 0 Å². The molecular formula is C13H17N3O. The van der Waals surface area contributed by atoms with Gasteiger partial charge < -0.3 is 10.5 Å². The third kappa shape index (κ3) is 2.76. The number of hydrogen-bond donors (Lipinski definition) is 1. The van der Waals surface area contributed by atoms with Crippen LogP contribution in [0, 0.1) is 18.3 Å². The second-order valence-corrected chi connectivity index (χ2v) is 4.36. The van der Waals surface area contributed by atoms with Crippen molar-refractivity contribution in [2.45, 2.75) is 19.6 Å². The molecule has 0 aromatic heterocycles. The topological polar surface area (TPSA) is 62.3 Å². The molecular weight excluding hydrogens is 214 g/mol. The molecule has 1 aliphatic heterocycles. The van der Waals surface area contributed by atoms with E-state index in [-0.39, 0.29) is 6.10 Å². The normalized spacial score (nSPS) is 21.1. The van der Waals surface area contributed by atoms with Crippen molar-refractivity contribution in [3.63, 3.8) is 0 Å². The number of nitrogen functional groups attached to an aromatic ring is 1. The number of ether oxygens (including phenoxy) is 1. The van der Waals surface area contributed by atoms with E-state index in [4.69, 9.17) is 15.7 Å². The number of nitriles is 1. The Morgan fingerprint density at radius 1 is 1.59 bits per heavy atom. The first-order valence-electron chi connectivity index (χ1n) is 5.78. The van der Waals surface area contributed by atoms with E-state index in [2.05, 4.69) is 17.0 Å². The summed E-state index contributed by atoms with van der Waals surface area (Å²) < 4.78 is 5.32. The Hall–Kier alpha value is -1.57. The molecule has 1 saturated heterocycles. The van der Waals surface area contributed by atoms with Crippen molar-refractivity contribution in [3.8, 4) is 6.07 Å². The minimum absolute atomic E-state index is 0.301. The van der Waals surface area contributed by atoms with E-state index in [1.54, 1.807) is 0 Å². The summed E-state index contributed by atoms with van der Waals surface area (Å²) in [7, 11) is 0. The second-order valence-electron chi connectivity index (χ2n) is 4.36. The summed E-state index contributed by atoms with van der Waals surface area (Å²) in [6.07, 6.45) is -0.301. The van der Waals surface area contributed by atoms with Crippen molar-refractivity contribution in [3.05, 3.63) is 29.3 Å². The van der Waals surface area contributed by atoms with E-state index in [0.29, 0.717) is 13.2 Å². The summed E-state index contributed by atoms with van der Waals surface area (Å²) in [6.45, 7) is 5.03.